The standard InChI is InChI=1S/C30H60O4/c1-2-3-4-5-6-7-8-9-10-11-12-13-14-15-16-17-18-19-20-21-22-23-24-25-30(33)34-28-29(26-31)27-32/h29,31-32H,2-28H2,1H3. The second kappa shape index (κ2) is 28.6. The van der Waals surface area contributed by atoms with Crippen molar-refractivity contribution in [2.24, 2.45) is 5.92 Å². The Morgan fingerprint density at radius 2 is 0.824 bits per heavy atom. The number of carbonyl (C=O) groups excluding carboxylic acids is 1. The zero-order chi connectivity index (χ0) is 25.0. The summed E-state index contributed by atoms with van der Waals surface area (Å²) in [4.78, 5) is 11.6. The minimum absolute atomic E-state index is 0.116. The maximum Gasteiger partial charge on any atom is 0.305 e. The highest BCUT2D eigenvalue weighted by molar-refractivity contribution is 5.69. The second-order valence-corrected chi connectivity index (χ2v) is 10.4. The summed E-state index contributed by atoms with van der Waals surface area (Å²) in [6, 6.07) is 0. The third-order valence-corrected chi connectivity index (χ3v) is 6.98. The second-order valence-electron chi connectivity index (χ2n) is 10.4. The van der Waals surface area contributed by atoms with E-state index in [4.69, 9.17) is 14.9 Å². The average Bonchev–Trinajstić information content (AvgIpc) is 2.85. The van der Waals surface area contributed by atoms with Crippen molar-refractivity contribution in [1.29, 1.82) is 0 Å². The number of hydrogen-bond acceptors (Lipinski definition) is 4. The Kier molecular flexibility index (Phi) is 28.1. The van der Waals surface area contributed by atoms with E-state index in [1.165, 1.54) is 135 Å². The SMILES string of the molecule is CCCCCCCCCCCCCCCCCCCCCCCCCC(=O)OCC(CO)CO. The smallest absolute Gasteiger partial charge is 0.305 e. The van der Waals surface area contributed by atoms with Crippen molar-refractivity contribution in [3.05, 3.63) is 0 Å². The highest BCUT2D eigenvalue weighted by atomic mass is 16.5. The molecule has 4 nitrogen and oxygen atoms in total. The van der Waals surface area contributed by atoms with Crippen molar-refractivity contribution < 1.29 is 19.7 Å². The highest BCUT2D eigenvalue weighted by Crippen LogP contribution is 2.15. The van der Waals surface area contributed by atoms with Crippen LogP contribution >= 0.6 is 0 Å². The fourth-order valence-corrected chi connectivity index (χ4v) is 4.50. The van der Waals surface area contributed by atoms with Crippen LogP contribution < -0.4 is 0 Å². The monoisotopic (exact) mass is 484 g/mol. The lowest BCUT2D eigenvalue weighted by molar-refractivity contribution is -0.146. The van der Waals surface area contributed by atoms with Gasteiger partial charge in [0.15, 0.2) is 0 Å². The summed E-state index contributed by atoms with van der Waals surface area (Å²) in [5, 5.41) is 17.9. The molecule has 4 heteroatoms. The minimum atomic E-state index is -0.349. The van der Waals surface area contributed by atoms with E-state index in [1.54, 1.807) is 0 Å². The molecular weight excluding hydrogens is 424 g/mol. The Morgan fingerprint density at radius 1 is 0.529 bits per heavy atom. The van der Waals surface area contributed by atoms with Crippen LogP contribution in [-0.4, -0.2) is 36.0 Å². The maximum atomic E-state index is 11.6. The number of carbonyl (C=O) groups is 1. The zero-order valence-corrected chi connectivity index (χ0v) is 22.9. The van der Waals surface area contributed by atoms with E-state index in [1.807, 2.05) is 0 Å². The van der Waals surface area contributed by atoms with Crippen LogP contribution in [0.4, 0.5) is 0 Å². The molecule has 0 saturated carbocycles. The van der Waals surface area contributed by atoms with E-state index in [0.717, 1.165) is 12.8 Å². The third-order valence-electron chi connectivity index (χ3n) is 6.98. The Labute approximate surface area is 212 Å². The minimum Gasteiger partial charge on any atom is -0.465 e. The lowest BCUT2D eigenvalue weighted by atomic mass is 10.0. The van der Waals surface area contributed by atoms with Crippen LogP contribution in [0.15, 0.2) is 0 Å². The van der Waals surface area contributed by atoms with Crippen molar-refractivity contribution in [3.8, 4) is 0 Å². The number of unbranched alkanes of at least 4 members (excludes halogenated alkanes) is 22. The molecular formula is C30H60O4. The first-order chi connectivity index (χ1) is 16.7. The summed E-state index contributed by atoms with van der Waals surface area (Å²) in [6.07, 6.45) is 31.9. The number of esters is 1. The first-order valence-corrected chi connectivity index (χ1v) is 15.1. The van der Waals surface area contributed by atoms with E-state index >= 15 is 0 Å². The molecule has 2 N–H and O–H groups in total. The molecule has 0 bridgehead atoms. The molecule has 0 atom stereocenters. The van der Waals surface area contributed by atoms with Crippen molar-refractivity contribution in [2.75, 3.05) is 19.8 Å². The number of aliphatic hydroxyl groups excluding tert-OH is 2. The van der Waals surface area contributed by atoms with Gasteiger partial charge in [-0.2, -0.15) is 0 Å². The Hall–Kier alpha value is -0.610. The van der Waals surface area contributed by atoms with Crippen LogP contribution in [0.1, 0.15) is 161 Å². The number of rotatable bonds is 28. The van der Waals surface area contributed by atoms with Crippen molar-refractivity contribution in [3.63, 3.8) is 0 Å². The van der Waals surface area contributed by atoms with E-state index in [9.17, 15) is 4.79 Å². The molecule has 0 fully saturated rings. The van der Waals surface area contributed by atoms with Gasteiger partial charge in [0.05, 0.1) is 19.8 Å². The molecule has 0 heterocycles. The van der Waals surface area contributed by atoms with Crippen LogP contribution in [0.25, 0.3) is 0 Å². The van der Waals surface area contributed by atoms with Crippen molar-refractivity contribution >= 4 is 5.97 Å². The largest absolute Gasteiger partial charge is 0.465 e. The third kappa shape index (κ3) is 26.0. The fourth-order valence-electron chi connectivity index (χ4n) is 4.50. The van der Waals surface area contributed by atoms with Gasteiger partial charge in [-0.1, -0.05) is 148 Å². The molecule has 0 spiro atoms. The van der Waals surface area contributed by atoms with Gasteiger partial charge in [0.1, 0.15) is 0 Å². The van der Waals surface area contributed by atoms with Gasteiger partial charge >= 0.3 is 5.97 Å². The van der Waals surface area contributed by atoms with Crippen molar-refractivity contribution in [2.45, 2.75) is 161 Å². The molecule has 0 saturated heterocycles. The van der Waals surface area contributed by atoms with Crippen LogP contribution in [-0.2, 0) is 9.53 Å². The summed E-state index contributed by atoms with van der Waals surface area (Å²) in [6.45, 7) is 2.11. The molecule has 34 heavy (non-hydrogen) atoms. The molecule has 0 aliphatic carbocycles. The number of aliphatic hydroxyl groups is 2. The van der Waals surface area contributed by atoms with Gasteiger partial charge in [-0.15, -0.1) is 0 Å². The molecule has 0 aromatic heterocycles. The Balaban J connectivity index is 3.13. The molecule has 0 aliphatic heterocycles. The summed E-state index contributed by atoms with van der Waals surface area (Å²) < 4.78 is 5.08. The Bertz CT molecular complexity index is 395. The lowest BCUT2D eigenvalue weighted by Gasteiger charge is -2.11. The van der Waals surface area contributed by atoms with Gasteiger partial charge in [-0.3, -0.25) is 4.79 Å². The molecule has 0 rings (SSSR count). The van der Waals surface area contributed by atoms with E-state index in [-0.39, 0.29) is 31.7 Å². The van der Waals surface area contributed by atoms with E-state index in [2.05, 4.69) is 6.92 Å². The number of ether oxygens (including phenoxy) is 1. The first kappa shape index (κ1) is 33.4. The summed E-state index contributed by atoms with van der Waals surface area (Å²) in [5.74, 6) is -0.561. The molecule has 0 amide bonds. The van der Waals surface area contributed by atoms with Crippen LogP contribution in [0, 0.1) is 5.92 Å². The maximum absolute atomic E-state index is 11.6. The fraction of sp³-hybridized carbons (Fsp3) is 0.967. The predicted molar refractivity (Wildman–Crippen MR) is 145 cm³/mol. The lowest BCUT2D eigenvalue weighted by Crippen LogP contribution is -2.20. The van der Waals surface area contributed by atoms with E-state index in [0.29, 0.717) is 6.42 Å². The molecule has 204 valence electrons. The zero-order valence-electron chi connectivity index (χ0n) is 22.9. The number of hydrogen-bond donors (Lipinski definition) is 2. The van der Waals surface area contributed by atoms with Gasteiger partial charge < -0.3 is 14.9 Å². The molecule has 0 aliphatic rings. The van der Waals surface area contributed by atoms with E-state index < -0.39 is 0 Å². The Morgan fingerprint density at radius 3 is 1.12 bits per heavy atom. The highest BCUT2D eigenvalue weighted by Gasteiger charge is 2.09. The summed E-state index contributed by atoms with van der Waals surface area (Å²) in [7, 11) is 0. The van der Waals surface area contributed by atoms with Gasteiger partial charge in [0.25, 0.3) is 0 Å². The van der Waals surface area contributed by atoms with Gasteiger partial charge in [0.2, 0.25) is 0 Å². The van der Waals surface area contributed by atoms with Gasteiger partial charge in [-0.05, 0) is 6.42 Å². The summed E-state index contributed by atoms with van der Waals surface area (Å²) in [5.41, 5.74) is 0. The molecule has 0 unspecified atom stereocenters. The molecule has 0 aromatic carbocycles. The average molecular weight is 485 g/mol. The van der Waals surface area contributed by atoms with Crippen molar-refractivity contribution in [1.82, 2.24) is 0 Å². The van der Waals surface area contributed by atoms with Crippen LogP contribution in [0.5, 0.6) is 0 Å². The molecule has 0 radical (unpaired) electrons. The molecule has 0 aromatic rings. The van der Waals surface area contributed by atoms with Gasteiger partial charge in [0, 0.05) is 12.3 Å². The van der Waals surface area contributed by atoms with Crippen LogP contribution in [0.2, 0.25) is 0 Å². The predicted octanol–water partition coefficient (Wildman–Crippen LogP) is 8.51. The van der Waals surface area contributed by atoms with Crippen LogP contribution in [0.3, 0.4) is 0 Å². The normalized spacial score (nSPS) is 11.4. The summed E-state index contributed by atoms with van der Waals surface area (Å²) >= 11 is 0. The van der Waals surface area contributed by atoms with Gasteiger partial charge in [-0.25, -0.2) is 0 Å². The first-order valence-electron chi connectivity index (χ1n) is 15.1. The topological polar surface area (TPSA) is 66.8 Å². The quantitative estimate of drug-likeness (QED) is 0.0862.